The fourth-order valence-corrected chi connectivity index (χ4v) is 3.23. The number of aryl methyl sites for hydroxylation is 1. The summed E-state index contributed by atoms with van der Waals surface area (Å²) in [7, 11) is 0. The minimum absolute atomic E-state index is 0.181. The topological polar surface area (TPSA) is 57.6 Å². The van der Waals surface area contributed by atoms with Crippen molar-refractivity contribution in [2.45, 2.75) is 13.0 Å². The van der Waals surface area contributed by atoms with Crippen LogP contribution in [0.3, 0.4) is 0 Å². The maximum atomic E-state index is 12.5. The molecule has 132 valence electrons. The van der Waals surface area contributed by atoms with Crippen molar-refractivity contribution in [3.8, 4) is 0 Å². The summed E-state index contributed by atoms with van der Waals surface area (Å²) in [4.78, 5) is 26.3. The number of aliphatic hydroxyl groups is 1. The van der Waals surface area contributed by atoms with Crippen molar-refractivity contribution in [2.24, 2.45) is 0 Å². The summed E-state index contributed by atoms with van der Waals surface area (Å²) in [5.41, 5.74) is 2.89. The van der Waals surface area contributed by atoms with E-state index >= 15 is 0 Å². The number of halogens is 1. The van der Waals surface area contributed by atoms with Gasteiger partial charge >= 0.3 is 0 Å². The van der Waals surface area contributed by atoms with E-state index in [0.717, 1.165) is 11.1 Å². The minimum Gasteiger partial charge on any atom is -0.504 e. The third-order valence-electron chi connectivity index (χ3n) is 4.38. The summed E-state index contributed by atoms with van der Waals surface area (Å²) in [6.45, 7) is 5.81. The molecule has 5 heteroatoms. The molecule has 1 aliphatic heterocycles. The quantitative estimate of drug-likeness (QED) is 0.649. The Balaban J connectivity index is 2.24. The number of Topliss-reactive ketones (excluding diaryl/α,β-unsaturated/α-hetero) is 1. The largest absolute Gasteiger partial charge is 0.504 e. The van der Waals surface area contributed by atoms with Gasteiger partial charge in [-0.25, -0.2) is 0 Å². The average Bonchev–Trinajstić information content (AvgIpc) is 2.64. The van der Waals surface area contributed by atoms with Crippen molar-refractivity contribution < 1.29 is 14.7 Å². The third-order valence-corrected chi connectivity index (χ3v) is 4.64. The van der Waals surface area contributed by atoms with Gasteiger partial charge in [0.2, 0.25) is 0 Å². The molecule has 2 aromatic rings. The van der Waals surface area contributed by atoms with E-state index in [1.54, 1.807) is 30.3 Å². The Kier molecular flexibility index (Phi) is 4.96. The lowest BCUT2D eigenvalue weighted by atomic mass is 9.86. The van der Waals surface area contributed by atoms with Crippen molar-refractivity contribution in [3.63, 3.8) is 0 Å². The molecule has 0 fully saturated rings. The van der Waals surface area contributed by atoms with Crippen LogP contribution >= 0.6 is 11.6 Å². The summed E-state index contributed by atoms with van der Waals surface area (Å²) in [5.74, 6) is -2.18. The molecule has 0 radical (unpaired) electrons. The molecule has 4 nitrogen and oxygen atoms in total. The van der Waals surface area contributed by atoms with E-state index in [1.165, 1.54) is 4.90 Å². The molecule has 0 aromatic heterocycles. The first-order valence-corrected chi connectivity index (χ1v) is 8.53. The van der Waals surface area contributed by atoms with Gasteiger partial charge in [0, 0.05) is 17.1 Å². The Morgan fingerprint density at radius 2 is 1.73 bits per heavy atom. The van der Waals surface area contributed by atoms with Crippen LogP contribution in [0.2, 0.25) is 5.02 Å². The van der Waals surface area contributed by atoms with Crippen LogP contribution in [0.15, 0.2) is 66.9 Å². The van der Waals surface area contributed by atoms with Gasteiger partial charge in [0.25, 0.3) is 11.7 Å². The normalized spacial score (nSPS) is 17.6. The van der Waals surface area contributed by atoms with E-state index in [-0.39, 0.29) is 6.54 Å². The molecule has 0 spiro atoms. The summed E-state index contributed by atoms with van der Waals surface area (Å²) in [6, 6.07) is 13.8. The van der Waals surface area contributed by atoms with Crippen LogP contribution in [-0.2, 0) is 9.59 Å². The highest BCUT2D eigenvalue weighted by Crippen LogP contribution is 2.40. The standard InChI is InChI=1S/C21H18ClNO3/c1-3-12-23-18(15-8-10-16(22)11-9-15)17(19(24)20(25)21(23)26)14-6-4-13(2)5-7-14/h3-11,18,24H,1,12H2,2H3/t18-/m0/s1. The fourth-order valence-electron chi connectivity index (χ4n) is 3.10. The first kappa shape index (κ1) is 18.0. The second-order valence-electron chi connectivity index (χ2n) is 6.16. The second-order valence-corrected chi connectivity index (χ2v) is 6.59. The molecule has 3 rings (SSSR count). The zero-order valence-electron chi connectivity index (χ0n) is 14.3. The molecule has 1 N–H and O–H groups in total. The Morgan fingerprint density at radius 3 is 2.31 bits per heavy atom. The maximum absolute atomic E-state index is 12.5. The lowest BCUT2D eigenvalue weighted by Gasteiger charge is -2.36. The van der Waals surface area contributed by atoms with Gasteiger partial charge in [-0.3, -0.25) is 9.59 Å². The summed E-state index contributed by atoms with van der Waals surface area (Å²) < 4.78 is 0. The van der Waals surface area contributed by atoms with E-state index in [9.17, 15) is 14.7 Å². The van der Waals surface area contributed by atoms with Gasteiger partial charge in [0.05, 0.1) is 6.04 Å². The molecular weight excluding hydrogens is 350 g/mol. The first-order chi connectivity index (χ1) is 12.4. The molecule has 0 bridgehead atoms. The van der Waals surface area contributed by atoms with Gasteiger partial charge in [-0.1, -0.05) is 59.6 Å². The Hall–Kier alpha value is -2.85. The average molecular weight is 368 g/mol. The highest BCUT2D eigenvalue weighted by molar-refractivity contribution is 6.44. The zero-order chi connectivity index (χ0) is 18.8. The molecule has 0 saturated heterocycles. The van der Waals surface area contributed by atoms with Gasteiger partial charge in [-0.15, -0.1) is 6.58 Å². The number of aliphatic hydroxyl groups excluding tert-OH is 1. The van der Waals surface area contributed by atoms with Gasteiger partial charge in [-0.05, 0) is 30.2 Å². The summed E-state index contributed by atoms with van der Waals surface area (Å²) >= 11 is 5.99. The number of hydrogen-bond acceptors (Lipinski definition) is 3. The third kappa shape index (κ3) is 3.16. The molecule has 1 aliphatic rings. The number of rotatable bonds is 4. The van der Waals surface area contributed by atoms with Gasteiger partial charge < -0.3 is 10.0 Å². The minimum atomic E-state index is -0.910. The number of amides is 1. The number of nitrogens with zero attached hydrogens (tertiary/aromatic N) is 1. The van der Waals surface area contributed by atoms with E-state index < -0.39 is 23.5 Å². The molecule has 1 atom stereocenters. The van der Waals surface area contributed by atoms with Gasteiger partial charge in [0.15, 0.2) is 5.76 Å². The number of carbonyl (C=O) groups excluding carboxylic acids is 2. The Labute approximate surface area is 157 Å². The van der Waals surface area contributed by atoms with E-state index in [4.69, 9.17) is 11.6 Å². The SMILES string of the molecule is C=CCN1C(=O)C(=O)C(O)=C(c2ccc(C)cc2)[C@@H]1c1ccc(Cl)cc1. The first-order valence-electron chi connectivity index (χ1n) is 8.16. The number of carbonyl (C=O) groups is 2. The van der Waals surface area contributed by atoms with Crippen molar-refractivity contribution in [3.05, 3.63) is 88.7 Å². The second kappa shape index (κ2) is 7.18. The lowest BCUT2D eigenvalue weighted by Crippen LogP contribution is -2.45. The van der Waals surface area contributed by atoms with Crippen LogP contribution in [0.4, 0.5) is 0 Å². The molecule has 0 unspecified atom stereocenters. The Morgan fingerprint density at radius 1 is 1.12 bits per heavy atom. The van der Waals surface area contributed by atoms with Crippen molar-refractivity contribution >= 4 is 28.9 Å². The lowest BCUT2D eigenvalue weighted by molar-refractivity contribution is -0.145. The monoisotopic (exact) mass is 367 g/mol. The van der Waals surface area contributed by atoms with Crippen LogP contribution in [0.5, 0.6) is 0 Å². The molecule has 0 aliphatic carbocycles. The van der Waals surface area contributed by atoms with Crippen LogP contribution in [0.25, 0.3) is 5.57 Å². The van der Waals surface area contributed by atoms with E-state index in [1.807, 2.05) is 31.2 Å². The van der Waals surface area contributed by atoms with Crippen molar-refractivity contribution in [2.75, 3.05) is 6.54 Å². The smallest absolute Gasteiger partial charge is 0.299 e. The summed E-state index contributed by atoms with van der Waals surface area (Å²) in [5, 5.41) is 11.1. The number of benzene rings is 2. The van der Waals surface area contributed by atoms with Crippen LogP contribution in [0, 0.1) is 6.92 Å². The Bertz CT molecular complexity index is 898. The predicted molar refractivity (Wildman–Crippen MR) is 102 cm³/mol. The maximum Gasteiger partial charge on any atom is 0.299 e. The van der Waals surface area contributed by atoms with Crippen LogP contribution in [-0.4, -0.2) is 28.2 Å². The van der Waals surface area contributed by atoms with Crippen LogP contribution < -0.4 is 0 Å². The zero-order valence-corrected chi connectivity index (χ0v) is 15.0. The highest BCUT2D eigenvalue weighted by atomic mass is 35.5. The molecule has 1 heterocycles. The van der Waals surface area contributed by atoms with Gasteiger partial charge in [0.1, 0.15) is 0 Å². The number of hydrogen-bond donors (Lipinski definition) is 1. The molecule has 26 heavy (non-hydrogen) atoms. The fraction of sp³-hybridized carbons (Fsp3) is 0.143. The summed E-state index contributed by atoms with van der Waals surface area (Å²) in [6.07, 6.45) is 1.56. The van der Waals surface area contributed by atoms with E-state index in [0.29, 0.717) is 16.2 Å². The van der Waals surface area contributed by atoms with Crippen molar-refractivity contribution in [1.82, 2.24) is 4.90 Å². The van der Waals surface area contributed by atoms with Crippen LogP contribution in [0.1, 0.15) is 22.7 Å². The molecule has 0 saturated carbocycles. The highest BCUT2D eigenvalue weighted by Gasteiger charge is 2.41. The van der Waals surface area contributed by atoms with Crippen molar-refractivity contribution in [1.29, 1.82) is 0 Å². The van der Waals surface area contributed by atoms with Gasteiger partial charge in [-0.2, -0.15) is 0 Å². The predicted octanol–water partition coefficient (Wildman–Crippen LogP) is 4.26. The molecule has 1 amide bonds. The van der Waals surface area contributed by atoms with E-state index in [2.05, 4.69) is 6.58 Å². The molecule has 2 aromatic carbocycles. The molecular formula is C21H18ClNO3. The number of ketones is 1.